The largest absolute Gasteiger partial charge is 0.497 e. The third kappa shape index (κ3) is 2.76. The molecule has 4 nitrogen and oxygen atoms in total. The molecule has 18 heavy (non-hydrogen) atoms. The van der Waals surface area contributed by atoms with Crippen molar-refractivity contribution in [1.82, 2.24) is 5.43 Å². The first-order chi connectivity index (χ1) is 8.69. The van der Waals surface area contributed by atoms with Crippen LogP contribution in [0, 0.1) is 11.8 Å². The highest BCUT2D eigenvalue weighted by Crippen LogP contribution is 2.43. The summed E-state index contributed by atoms with van der Waals surface area (Å²) in [4.78, 5) is 0. The molecule has 0 bridgehead atoms. The maximum atomic E-state index is 5.72. The van der Waals surface area contributed by atoms with Gasteiger partial charge in [0.05, 0.1) is 14.2 Å². The molecule has 0 heterocycles. The minimum atomic E-state index is 0.140. The molecule has 1 aliphatic rings. The number of nitrogens with two attached hydrogens (primary N) is 1. The van der Waals surface area contributed by atoms with Crippen molar-refractivity contribution in [1.29, 1.82) is 0 Å². The van der Waals surface area contributed by atoms with Gasteiger partial charge >= 0.3 is 0 Å². The van der Waals surface area contributed by atoms with Gasteiger partial charge in [-0.05, 0) is 42.4 Å². The van der Waals surface area contributed by atoms with Crippen LogP contribution in [0.1, 0.15) is 31.4 Å². The number of hydrogen-bond acceptors (Lipinski definition) is 4. The summed E-state index contributed by atoms with van der Waals surface area (Å²) in [7, 11) is 3.32. The molecule has 1 fully saturated rings. The van der Waals surface area contributed by atoms with Gasteiger partial charge in [-0.15, -0.1) is 0 Å². The highest BCUT2D eigenvalue weighted by molar-refractivity contribution is 5.40. The second kappa shape index (κ2) is 5.59. The second-order valence-electron chi connectivity index (χ2n) is 4.99. The fourth-order valence-electron chi connectivity index (χ4n) is 2.45. The maximum absolute atomic E-state index is 5.72. The summed E-state index contributed by atoms with van der Waals surface area (Å²) in [5.74, 6) is 8.62. The van der Waals surface area contributed by atoms with Crippen LogP contribution in [0.3, 0.4) is 0 Å². The Morgan fingerprint density at radius 1 is 1.17 bits per heavy atom. The predicted molar refractivity (Wildman–Crippen MR) is 71.5 cm³/mol. The highest BCUT2D eigenvalue weighted by atomic mass is 16.5. The van der Waals surface area contributed by atoms with Crippen LogP contribution in [0.4, 0.5) is 0 Å². The number of rotatable bonds is 6. The Kier molecular flexibility index (Phi) is 4.09. The van der Waals surface area contributed by atoms with Gasteiger partial charge in [-0.3, -0.25) is 11.3 Å². The van der Waals surface area contributed by atoms with Gasteiger partial charge in [0.1, 0.15) is 11.5 Å². The molecule has 1 aromatic carbocycles. The van der Waals surface area contributed by atoms with Crippen molar-refractivity contribution in [3.05, 3.63) is 23.8 Å². The summed E-state index contributed by atoms with van der Waals surface area (Å²) >= 11 is 0. The Balaban J connectivity index is 2.28. The van der Waals surface area contributed by atoms with Crippen LogP contribution in [0.2, 0.25) is 0 Å². The van der Waals surface area contributed by atoms with Crippen LogP contribution in [-0.4, -0.2) is 14.2 Å². The third-order valence-electron chi connectivity index (χ3n) is 3.80. The van der Waals surface area contributed by atoms with Gasteiger partial charge in [0.15, 0.2) is 0 Å². The maximum Gasteiger partial charge on any atom is 0.122 e. The van der Waals surface area contributed by atoms with E-state index in [1.54, 1.807) is 14.2 Å². The molecule has 0 aromatic heterocycles. The van der Waals surface area contributed by atoms with Crippen LogP contribution < -0.4 is 20.7 Å². The van der Waals surface area contributed by atoms with Crippen LogP contribution in [0.25, 0.3) is 0 Å². The zero-order valence-corrected chi connectivity index (χ0v) is 11.3. The molecule has 100 valence electrons. The molecular weight excluding hydrogens is 228 g/mol. The number of methoxy groups -OCH3 is 2. The van der Waals surface area contributed by atoms with Crippen LogP contribution >= 0.6 is 0 Å². The SMILES string of the molecule is COc1cc(OC)cc(C(NN)C(C)C2CC2)c1. The molecule has 0 amide bonds. The normalized spacial score (nSPS) is 18.2. The monoisotopic (exact) mass is 250 g/mol. The van der Waals surface area contributed by atoms with E-state index in [-0.39, 0.29) is 6.04 Å². The standard InChI is InChI=1S/C14H22N2O2/c1-9(10-4-5-10)14(16-15)11-6-12(17-2)8-13(7-11)18-3/h6-10,14,16H,4-5,15H2,1-3H3. The van der Waals surface area contributed by atoms with E-state index in [0.29, 0.717) is 5.92 Å². The van der Waals surface area contributed by atoms with Crippen molar-refractivity contribution in [3.8, 4) is 11.5 Å². The highest BCUT2D eigenvalue weighted by Gasteiger charge is 2.33. The lowest BCUT2D eigenvalue weighted by molar-refractivity contribution is 0.348. The number of ether oxygens (including phenoxy) is 2. The Morgan fingerprint density at radius 3 is 2.11 bits per heavy atom. The summed E-state index contributed by atoms with van der Waals surface area (Å²) in [6.45, 7) is 2.24. The van der Waals surface area contributed by atoms with Gasteiger partial charge in [0.25, 0.3) is 0 Å². The molecule has 2 unspecified atom stereocenters. The third-order valence-corrected chi connectivity index (χ3v) is 3.80. The lowest BCUT2D eigenvalue weighted by atomic mass is 9.91. The summed E-state index contributed by atoms with van der Waals surface area (Å²) in [6.07, 6.45) is 2.61. The van der Waals surface area contributed by atoms with E-state index in [2.05, 4.69) is 12.3 Å². The topological polar surface area (TPSA) is 56.5 Å². The molecule has 4 heteroatoms. The molecule has 2 atom stereocenters. The predicted octanol–water partition coefficient (Wildman–Crippen LogP) is 2.25. The molecule has 1 aromatic rings. The molecule has 0 spiro atoms. The average Bonchev–Trinajstić information content (AvgIpc) is 3.23. The van der Waals surface area contributed by atoms with Crippen molar-refractivity contribution in [2.75, 3.05) is 14.2 Å². The Labute approximate surface area is 108 Å². The van der Waals surface area contributed by atoms with Crippen molar-refractivity contribution < 1.29 is 9.47 Å². The van der Waals surface area contributed by atoms with Crippen molar-refractivity contribution in [3.63, 3.8) is 0 Å². The first-order valence-corrected chi connectivity index (χ1v) is 6.38. The zero-order chi connectivity index (χ0) is 13.1. The Morgan fingerprint density at radius 2 is 1.72 bits per heavy atom. The van der Waals surface area contributed by atoms with Crippen molar-refractivity contribution in [2.24, 2.45) is 17.7 Å². The van der Waals surface area contributed by atoms with Crippen LogP contribution in [0.15, 0.2) is 18.2 Å². The second-order valence-corrected chi connectivity index (χ2v) is 4.99. The summed E-state index contributed by atoms with van der Waals surface area (Å²) < 4.78 is 10.6. The number of hydrazine groups is 1. The fourth-order valence-corrected chi connectivity index (χ4v) is 2.45. The van der Waals surface area contributed by atoms with Crippen LogP contribution in [-0.2, 0) is 0 Å². The lowest BCUT2D eigenvalue weighted by Crippen LogP contribution is -2.33. The van der Waals surface area contributed by atoms with E-state index >= 15 is 0 Å². The van der Waals surface area contributed by atoms with Gasteiger partial charge < -0.3 is 9.47 Å². The lowest BCUT2D eigenvalue weighted by Gasteiger charge is -2.24. The summed E-state index contributed by atoms with van der Waals surface area (Å²) in [6, 6.07) is 6.05. The Bertz CT molecular complexity index is 383. The van der Waals surface area contributed by atoms with Crippen molar-refractivity contribution in [2.45, 2.75) is 25.8 Å². The fraction of sp³-hybridized carbons (Fsp3) is 0.571. The minimum Gasteiger partial charge on any atom is -0.497 e. The van der Waals surface area contributed by atoms with E-state index in [1.165, 1.54) is 12.8 Å². The van der Waals surface area contributed by atoms with Gasteiger partial charge in [-0.25, -0.2) is 0 Å². The number of nitrogens with one attached hydrogen (secondary N) is 1. The van der Waals surface area contributed by atoms with E-state index in [9.17, 15) is 0 Å². The summed E-state index contributed by atoms with van der Waals surface area (Å²) in [5, 5.41) is 0. The summed E-state index contributed by atoms with van der Waals surface area (Å²) in [5.41, 5.74) is 4.05. The van der Waals surface area contributed by atoms with E-state index in [0.717, 1.165) is 23.0 Å². The molecule has 3 N–H and O–H groups in total. The molecular formula is C14H22N2O2. The molecule has 0 aliphatic heterocycles. The first-order valence-electron chi connectivity index (χ1n) is 6.38. The molecule has 0 radical (unpaired) electrons. The molecule has 1 saturated carbocycles. The molecule has 1 aliphatic carbocycles. The number of hydrogen-bond donors (Lipinski definition) is 2. The van der Waals surface area contributed by atoms with Gasteiger partial charge in [-0.2, -0.15) is 0 Å². The van der Waals surface area contributed by atoms with Gasteiger partial charge in [0.2, 0.25) is 0 Å². The van der Waals surface area contributed by atoms with E-state index in [4.69, 9.17) is 15.3 Å². The molecule has 2 rings (SSSR count). The number of benzene rings is 1. The van der Waals surface area contributed by atoms with Gasteiger partial charge in [0, 0.05) is 12.1 Å². The quantitative estimate of drug-likeness (QED) is 0.600. The smallest absolute Gasteiger partial charge is 0.122 e. The van der Waals surface area contributed by atoms with Gasteiger partial charge in [-0.1, -0.05) is 6.92 Å². The van der Waals surface area contributed by atoms with Crippen LogP contribution in [0.5, 0.6) is 11.5 Å². The van der Waals surface area contributed by atoms with E-state index < -0.39 is 0 Å². The first kappa shape index (κ1) is 13.2. The van der Waals surface area contributed by atoms with Crippen molar-refractivity contribution >= 4 is 0 Å². The average molecular weight is 250 g/mol. The van der Waals surface area contributed by atoms with E-state index in [1.807, 2.05) is 18.2 Å². The Hall–Kier alpha value is -1.26. The molecule has 0 saturated heterocycles. The zero-order valence-electron chi connectivity index (χ0n) is 11.3. The minimum absolute atomic E-state index is 0.140.